The molecule has 0 saturated heterocycles. The molecule has 2 heteroatoms. The molecule has 2 saturated carbocycles. The molecular formula is C14H28N2. The summed E-state index contributed by atoms with van der Waals surface area (Å²) in [5.41, 5.74) is 6.83. The first kappa shape index (κ1) is 12.4. The van der Waals surface area contributed by atoms with Gasteiger partial charge in [0.15, 0.2) is 0 Å². The zero-order valence-electron chi connectivity index (χ0n) is 11.2. The van der Waals surface area contributed by atoms with Gasteiger partial charge >= 0.3 is 0 Å². The second kappa shape index (κ2) is 4.30. The maximum atomic E-state index is 6.04. The maximum absolute atomic E-state index is 6.04. The van der Waals surface area contributed by atoms with Crippen molar-refractivity contribution in [3.8, 4) is 0 Å². The fourth-order valence-corrected chi connectivity index (χ4v) is 3.48. The van der Waals surface area contributed by atoms with E-state index in [4.69, 9.17) is 5.73 Å². The Hall–Kier alpha value is -0.0800. The molecule has 0 radical (unpaired) electrons. The summed E-state index contributed by atoms with van der Waals surface area (Å²) in [6.45, 7) is 7.88. The van der Waals surface area contributed by atoms with Crippen LogP contribution in [0, 0.1) is 11.3 Å². The first-order valence-corrected chi connectivity index (χ1v) is 6.99. The van der Waals surface area contributed by atoms with Gasteiger partial charge in [-0.3, -0.25) is 0 Å². The van der Waals surface area contributed by atoms with E-state index in [1.165, 1.54) is 38.5 Å². The SMILES string of the molecule is CCC(CN)(NC1CCC(C)(C)C1)C1CC1. The van der Waals surface area contributed by atoms with Crippen molar-refractivity contribution in [1.29, 1.82) is 0 Å². The van der Waals surface area contributed by atoms with Gasteiger partial charge < -0.3 is 11.1 Å². The van der Waals surface area contributed by atoms with E-state index in [1.54, 1.807) is 0 Å². The molecule has 2 unspecified atom stereocenters. The molecule has 2 aliphatic rings. The number of rotatable bonds is 5. The van der Waals surface area contributed by atoms with Crippen LogP contribution in [0.4, 0.5) is 0 Å². The largest absolute Gasteiger partial charge is 0.329 e. The predicted octanol–water partition coefficient (Wildman–Crippen LogP) is 2.67. The number of nitrogens with two attached hydrogens (primary N) is 1. The van der Waals surface area contributed by atoms with Crippen molar-refractivity contribution in [1.82, 2.24) is 5.32 Å². The molecule has 0 spiro atoms. The number of hydrogen-bond donors (Lipinski definition) is 2. The van der Waals surface area contributed by atoms with Crippen molar-refractivity contribution < 1.29 is 0 Å². The molecule has 0 aromatic carbocycles. The highest BCUT2D eigenvalue weighted by molar-refractivity contribution is 5.04. The van der Waals surface area contributed by atoms with Crippen LogP contribution in [-0.4, -0.2) is 18.1 Å². The van der Waals surface area contributed by atoms with Crippen LogP contribution >= 0.6 is 0 Å². The standard InChI is InChI=1S/C14H28N2/c1-4-14(10-15,11-5-6-11)16-12-7-8-13(2,3)9-12/h11-12,16H,4-10,15H2,1-3H3. The third-order valence-corrected chi connectivity index (χ3v) is 4.81. The van der Waals surface area contributed by atoms with Crippen molar-refractivity contribution in [2.75, 3.05) is 6.54 Å². The van der Waals surface area contributed by atoms with Crippen molar-refractivity contribution in [3.63, 3.8) is 0 Å². The van der Waals surface area contributed by atoms with Crippen LogP contribution in [0.25, 0.3) is 0 Å². The molecule has 0 heterocycles. The summed E-state index contributed by atoms with van der Waals surface area (Å²) in [6.07, 6.45) is 7.97. The van der Waals surface area contributed by atoms with Gasteiger partial charge in [-0.2, -0.15) is 0 Å². The quantitative estimate of drug-likeness (QED) is 0.753. The van der Waals surface area contributed by atoms with E-state index in [-0.39, 0.29) is 5.54 Å². The fraction of sp³-hybridized carbons (Fsp3) is 1.00. The van der Waals surface area contributed by atoms with Gasteiger partial charge in [0.2, 0.25) is 0 Å². The highest BCUT2D eigenvalue weighted by Gasteiger charge is 2.45. The monoisotopic (exact) mass is 224 g/mol. The van der Waals surface area contributed by atoms with Gasteiger partial charge in [0.05, 0.1) is 0 Å². The third kappa shape index (κ3) is 2.43. The summed E-state index contributed by atoms with van der Waals surface area (Å²) >= 11 is 0. The maximum Gasteiger partial charge on any atom is 0.0332 e. The van der Waals surface area contributed by atoms with E-state index in [1.807, 2.05) is 0 Å². The second-order valence-electron chi connectivity index (χ2n) is 6.74. The molecule has 2 nitrogen and oxygen atoms in total. The zero-order chi connectivity index (χ0) is 11.8. The summed E-state index contributed by atoms with van der Waals surface area (Å²) in [6, 6.07) is 0.707. The molecule has 2 aliphatic carbocycles. The summed E-state index contributed by atoms with van der Waals surface area (Å²) in [5.74, 6) is 0.853. The van der Waals surface area contributed by atoms with Crippen molar-refractivity contribution in [2.45, 2.75) is 70.9 Å². The van der Waals surface area contributed by atoms with Crippen molar-refractivity contribution in [3.05, 3.63) is 0 Å². The van der Waals surface area contributed by atoms with E-state index >= 15 is 0 Å². The Labute approximate surface area is 100 Å². The minimum absolute atomic E-state index is 0.255. The van der Waals surface area contributed by atoms with Crippen LogP contribution in [0.1, 0.15) is 59.3 Å². The molecule has 0 aromatic rings. The lowest BCUT2D eigenvalue weighted by molar-refractivity contribution is 0.237. The first-order chi connectivity index (χ1) is 7.51. The fourth-order valence-electron chi connectivity index (χ4n) is 3.48. The van der Waals surface area contributed by atoms with E-state index in [0.717, 1.165) is 12.5 Å². The molecule has 2 atom stereocenters. The van der Waals surface area contributed by atoms with Crippen LogP contribution in [0.2, 0.25) is 0 Å². The molecule has 0 bridgehead atoms. The van der Waals surface area contributed by atoms with Gasteiger partial charge in [-0.1, -0.05) is 20.8 Å². The normalized spacial score (nSPS) is 32.6. The number of hydrogen-bond acceptors (Lipinski definition) is 2. The van der Waals surface area contributed by atoms with Gasteiger partial charge in [-0.25, -0.2) is 0 Å². The average Bonchev–Trinajstić information content (AvgIpc) is 3.02. The van der Waals surface area contributed by atoms with Gasteiger partial charge in [0, 0.05) is 18.1 Å². The van der Waals surface area contributed by atoms with Gasteiger partial charge in [0.1, 0.15) is 0 Å². The topological polar surface area (TPSA) is 38.0 Å². The Bertz CT molecular complexity index is 239. The Morgan fingerprint density at radius 3 is 2.38 bits per heavy atom. The average molecular weight is 224 g/mol. The summed E-state index contributed by atoms with van der Waals surface area (Å²) in [4.78, 5) is 0. The predicted molar refractivity (Wildman–Crippen MR) is 69.4 cm³/mol. The smallest absolute Gasteiger partial charge is 0.0332 e. The Morgan fingerprint density at radius 1 is 1.31 bits per heavy atom. The van der Waals surface area contributed by atoms with Crippen molar-refractivity contribution >= 4 is 0 Å². The van der Waals surface area contributed by atoms with E-state index in [9.17, 15) is 0 Å². The highest BCUT2D eigenvalue weighted by Crippen LogP contribution is 2.44. The molecule has 2 fully saturated rings. The molecule has 94 valence electrons. The van der Waals surface area contributed by atoms with Crippen LogP contribution in [-0.2, 0) is 0 Å². The molecule has 2 rings (SSSR count). The second-order valence-corrected chi connectivity index (χ2v) is 6.74. The van der Waals surface area contributed by atoms with Crippen molar-refractivity contribution in [2.24, 2.45) is 17.1 Å². The van der Waals surface area contributed by atoms with E-state index in [2.05, 4.69) is 26.1 Å². The molecule has 3 N–H and O–H groups in total. The van der Waals surface area contributed by atoms with E-state index in [0.29, 0.717) is 11.5 Å². The van der Waals surface area contributed by atoms with Crippen LogP contribution < -0.4 is 11.1 Å². The van der Waals surface area contributed by atoms with Crippen LogP contribution in [0.15, 0.2) is 0 Å². The minimum atomic E-state index is 0.255. The van der Waals surface area contributed by atoms with Gasteiger partial charge in [-0.15, -0.1) is 0 Å². The molecule has 16 heavy (non-hydrogen) atoms. The Morgan fingerprint density at radius 2 is 2.00 bits per heavy atom. The van der Waals surface area contributed by atoms with Crippen LogP contribution in [0.3, 0.4) is 0 Å². The third-order valence-electron chi connectivity index (χ3n) is 4.81. The zero-order valence-corrected chi connectivity index (χ0v) is 11.2. The lowest BCUT2D eigenvalue weighted by atomic mass is 9.87. The molecule has 0 aliphatic heterocycles. The lowest BCUT2D eigenvalue weighted by Gasteiger charge is -2.36. The lowest BCUT2D eigenvalue weighted by Crippen LogP contribution is -2.56. The molecule has 0 aromatic heterocycles. The summed E-state index contributed by atoms with van der Waals surface area (Å²) in [5, 5.41) is 3.92. The molecular weight excluding hydrogens is 196 g/mol. The molecule has 0 amide bonds. The number of nitrogens with one attached hydrogen (secondary N) is 1. The summed E-state index contributed by atoms with van der Waals surface area (Å²) in [7, 11) is 0. The summed E-state index contributed by atoms with van der Waals surface area (Å²) < 4.78 is 0. The first-order valence-electron chi connectivity index (χ1n) is 6.99. The Balaban J connectivity index is 1.96. The highest BCUT2D eigenvalue weighted by atomic mass is 15.1. The van der Waals surface area contributed by atoms with Gasteiger partial charge in [0.25, 0.3) is 0 Å². The van der Waals surface area contributed by atoms with Gasteiger partial charge in [-0.05, 0) is 49.9 Å². The Kier molecular flexibility index (Phi) is 3.33. The van der Waals surface area contributed by atoms with Crippen LogP contribution in [0.5, 0.6) is 0 Å². The van der Waals surface area contributed by atoms with E-state index < -0.39 is 0 Å². The minimum Gasteiger partial charge on any atom is -0.329 e.